The van der Waals surface area contributed by atoms with E-state index in [1.165, 1.54) is 4.90 Å². The second-order valence-electron chi connectivity index (χ2n) is 6.94. The number of benzene rings is 2. The summed E-state index contributed by atoms with van der Waals surface area (Å²) in [6.45, 7) is 0.0506. The van der Waals surface area contributed by atoms with Crippen molar-refractivity contribution in [2.45, 2.75) is 31.3 Å². The summed E-state index contributed by atoms with van der Waals surface area (Å²) in [5, 5.41) is 20.1. The molecule has 0 saturated heterocycles. The van der Waals surface area contributed by atoms with Crippen molar-refractivity contribution in [3.8, 4) is 5.75 Å². The SMILES string of the molecule is O=C(O)C1CCC(O)(CN(C(=O)Oc2ccccc2)c2ccccc2)CC1. The number of para-hydroxylation sites is 2. The second kappa shape index (κ2) is 8.22. The summed E-state index contributed by atoms with van der Waals surface area (Å²) in [5.41, 5.74) is -0.524. The van der Waals surface area contributed by atoms with Gasteiger partial charge in [0.2, 0.25) is 0 Å². The van der Waals surface area contributed by atoms with Crippen molar-refractivity contribution in [3.05, 3.63) is 60.7 Å². The number of carbonyl (C=O) groups excluding carboxylic acids is 1. The first-order valence-electron chi connectivity index (χ1n) is 9.01. The number of ether oxygens (including phenoxy) is 1. The lowest BCUT2D eigenvalue weighted by Gasteiger charge is -2.38. The van der Waals surface area contributed by atoms with Gasteiger partial charge in [-0.15, -0.1) is 0 Å². The van der Waals surface area contributed by atoms with Crippen LogP contribution >= 0.6 is 0 Å². The Bertz CT molecular complexity index is 770. The van der Waals surface area contributed by atoms with E-state index in [4.69, 9.17) is 9.84 Å². The zero-order valence-corrected chi connectivity index (χ0v) is 15.0. The third-order valence-corrected chi connectivity index (χ3v) is 4.95. The van der Waals surface area contributed by atoms with Crippen LogP contribution in [0.1, 0.15) is 25.7 Å². The number of anilines is 1. The Morgan fingerprint density at radius 3 is 2.11 bits per heavy atom. The first-order valence-corrected chi connectivity index (χ1v) is 9.01. The van der Waals surface area contributed by atoms with E-state index in [0.29, 0.717) is 37.1 Å². The van der Waals surface area contributed by atoms with Crippen LogP contribution < -0.4 is 9.64 Å². The largest absolute Gasteiger partial charge is 0.481 e. The fourth-order valence-electron chi connectivity index (χ4n) is 3.37. The normalized spacial score (nSPS) is 22.0. The predicted molar refractivity (Wildman–Crippen MR) is 101 cm³/mol. The van der Waals surface area contributed by atoms with E-state index in [0.717, 1.165) is 0 Å². The lowest BCUT2D eigenvalue weighted by molar-refractivity contribution is -0.144. The topological polar surface area (TPSA) is 87.1 Å². The fourth-order valence-corrected chi connectivity index (χ4v) is 3.37. The first kappa shape index (κ1) is 18.9. The maximum Gasteiger partial charge on any atom is 0.419 e. The summed E-state index contributed by atoms with van der Waals surface area (Å²) in [4.78, 5) is 25.4. The first-order chi connectivity index (χ1) is 13.0. The van der Waals surface area contributed by atoms with E-state index in [9.17, 15) is 14.7 Å². The number of aliphatic carboxylic acids is 1. The highest BCUT2D eigenvalue weighted by atomic mass is 16.6. The molecule has 1 aliphatic carbocycles. The molecular weight excluding hydrogens is 346 g/mol. The van der Waals surface area contributed by atoms with E-state index in [1.54, 1.807) is 36.4 Å². The van der Waals surface area contributed by atoms with Crippen molar-refractivity contribution in [3.63, 3.8) is 0 Å². The van der Waals surface area contributed by atoms with E-state index >= 15 is 0 Å². The molecule has 0 aliphatic heterocycles. The quantitative estimate of drug-likeness (QED) is 0.839. The van der Waals surface area contributed by atoms with Crippen molar-refractivity contribution >= 4 is 17.7 Å². The third-order valence-electron chi connectivity index (χ3n) is 4.95. The monoisotopic (exact) mass is 369 g/mol. The standard InChI is InChI=1S/C21H23NO5/c23-19(24)16-11-13-21(26,14-12-16)15-22(17-7-3-1-4-8-17)20(25)27-18-9-5-2-6-10-18/h1-10,16,26H,11-15H2,(H,23,24). The number of hydrogen-bond donors (Lipinski definition) is 2. The smallest absolute Gasteiger partial charge is 0.419 e. The van der Waals surface area contributed by atoms with Gasteiger partial charge in [-0.2, -0.15) is 0 Å². The number of amides is 1. The minimum Gasteiger partial charge on any atom is -0.481 e. The highest BCUT2D eigenvalue weighted by Crippen LogP contribution is 2.34. The highest BCUT2D eigenvalue weighted by molar-refractivity contribution is 5.89. The minimum atomic E-state index is -1.14. The molecule has 0 spiro atoms. The van der Waals surface area contributed by atoms with Gasteiger partial charge in [0, 0.05) is 5.69 Å². The van der Waals surface area contributed by atoms with Crippen LogP contribution in [0.4, 0.5) is 10.5 Å². The second-order valence-corrected chi connectivity index (χ2v) is 6.94. The molecule has 1 saturated carbocycles. The lowest BCUT2D eigenvalue weighted by atomic mass is 9.78. The summed E-state index contributed by atoms with van der Waals surface area (Å²) >= 11 is 0. The third kappa shape index (κ3) is 4.86. The van der Waals surface area contributed by atoms with Crippen molar-refractivity contribution < 1.29 is 24.5 Å². The average molecular weight is 369 g/mol. The van der Waals surface area contributed by atoms with E-state index in [1.807, 2.05) is 24.3 Å². The maximum atomic E-state index is 12.8. The van der Waals surface area contributed by atoms with Crippen LogP contribution in [0.3, 0.4) is 0 Å². The minimum absolute atomic E-state index is 0.0506. The van der Waals surface area contributed by atoms with Gasteiger partial charge in [0.25, 0.3) is 0 Å². The van der Waals surface area contributed by atoms with E-state index < -0.39 is 23.6 Å². The highest BCUT2D eigenvalue weighted by Gasteiger charge is 2.38. The van der Waals surface area contributed by atoms with Gasteiger partial charge in [-0.1, -0.05) is 36.4 Å². The average Bonchev–Trinajstić information content (AvgIpc) is 2.68. The molecule has 2 aromatic rings. The van der Waals surface area contributed by atoms with Crippen LogP contribution in [-0.2, 0) is 4.79 Å². The molecule has 1 amide bonds. The van der Waals surface area contributed by atoms with Crippen LogP contribution in [0.25, 0.3) is 0 Å². The molecule has 1 fully saturated rings. The lowest BCUT2D eigenvalue weighted by Crippen LogP contribution is -2.49. The Kier molecular flexibility index (Phi) is 5.76. The van der Waals surface area contributed by atoms with Crippen LogP contribution in [0.2, 0.25) is 0 Å². The van der Waals surface area contributed by atoms with E-state index in [2.05, 4.69) is 0 Å². The zero-order chi connectivity index (χ0) is 19.3. The number of hydrogen-bond acceptors (Lipinski definition) is 4. The summed E-state index contributed by atoms with van der Waals surface area (Å²) < 4.78 is 5.46. The Morgan fingerprint density at radius 2 is 1.56 bits per heavy atom. The molecule has 142 valence electrons. The van der Waals surface area contributed by atoms with Gasteiger partial charge in [0.15, 0.2) is 0 Å². The maximum absolute atomic E-state index is 12.8. The van der Waals surface area contributed by atoms with Gasteiger partial charge in [-0.05, 0) is 49.9 Å². The van der Waals surface area contributed by atoms with Gasteiger partial charge < -0.3 is 14.9 Å². The van der Waals surface area contributed by atoms with Gasteiger partial charge in [0.1, 0.15) is 5.75 Å². The van der Waals surface area contributed by atoms with Crippen LogP contribution in [-0.4, -0.2) is 34.4 Å². The molecule has 2 aromatic carbocycles. The molecule has 6 heteroatoms. The van der Waals surface area contributed by atoms with Gasteiger partial charge in [-0.3, -0.25) is 9.69 Å². The van der Waals surface area contributed by atoms with Crippen LogP contribution in [0.15, 0.2) is 60.7 Å². The van der Waals surface area contributed by atoms with Gasteiger partial charge >= 0.3 is 12.1 Å². The number of carbonyl (C=O) groups is 2. The van der Waals surface area contributed by atoms with Crippen molar-refractivity contribution in [2.75, 3.05) is 11.4 Å². The Balaban J connectivity index is 1.77. The van der Waals surface area contributed by atoms with Gasteiger partial charge in [-0.25, -0.2) is 4.79 Å². The molecule has 27 heavy (non-hydrogen) atoms. The van der Waals surface area contributed by atoms with E-state index in [-0.39, 0.29) is 6.54 Å². The zero-order valence-electron chi connectivity index (χ0n) is 15.0. The molecule has 3 rings (SSSR count). The van der Waals surface area contributed by atoms with Crippen molar-refractivity contribution in [2.24, 2.45) is 5.92 Å². The van der Waals surface area contributed by atoms with Crippen molar-refractivity contribution in [1.82, 2.24) is 0 Å². The summed E-state index contributed by atoms with van der Waals surface area (Å²) in [7, 11) is 0. The molecule has 2 N–H and O–H groups in total. The van der Waals surface area contributed by atoms with Crippen molar-refractivity contribution in [1.29, 1.82) is 0 Å². The summed E-state index contributed by atoms with van der Waals surface area (Å²) in [5.74, 6) is -0.850. The molecule has 6 nitrogen and oxygen atoms in total. The summed E-state index contributed by atoms with van der Waals surface area (Å²) in [6, 6.07) is 17.8. The predicted octanol–water partition coefficient (Wildman–Crippen LogP) is 3.70. The molecular formula is C21H23NO5. The summed E-state index contributed by atoms with van der Waals surface area (Å²) in [6.07, 6.45) is 0.851. The molecule has 0 unspecified atom stereocenters. The number of rotatable bonds is 5. The number of carboxylic acid groups (broad SMARTS) is 1. The van der Waals surface area contributed by atoms with Crippen LogP contribution in [0, 0.1) is 5.92 Å². The molecule has 0 atom stereocenters. The molecule has 0 radical (unpaired) electrons. The van der Waals surface area contributed by atoms with Gasteiger partial charge in [0.05, 0.1) is 18.1 Å². The Hall–Kier alpha value is -2.86. The molecule has 0 bridgehead atoms. The number of carboxylic acids is 1. The molecule has 1 aliphatic rings. The molecule has 0 heterocycles. The van der Waals surface area contributed by atoms with Crippen LogP contribution in [0.5, 0.6) is 5.75 Å². The Morgan fingerprint density at radius 1 is 1.00 bits per heavy atom. The molecule has 0 aromatic heterocycles. The number of nitrogens with zero attached hydrogens (tertiary/aromatic N) is 1. The Labute approximate surface area is 158 Å². The number of aliphatic hydroxyl groups is 1. The fraction of sp³-hybridized carbons (Fsp3) is 0.333.